The first-order valence-corrected chi connectivity index (χ1v) is 5.82. The van der Waals surface area contributed by atoms with Crippen LogP contribution in [0.2, 0.25) is 0 Å². The molecule has 0 aromatic heterocycles. The molecule has 0 radical (unpaired) electrons. The number of nitrogens with one attached hydrogen (secondary N) is 2. The van der Waals surface area contributed by atoms with Crippen molar-refractivity contribution in [3.05, 3.63) is 0 Å². The lowest BCUT2D eigenvalue weighted by atomic mass is 10.2. The van der Waals surface area contributed by atoms with Crippen LogP contribution in [0.5, 0.6) is 0 Å². The first kappa shape index (κ1) is 14.4. The van der Waals surface area contributed by atoms with Crippen molar-refractivity contribution in [3.8, 4) is 0 Å². The molecule has 0 aliphatic heterocycles. The molecule has 1 atom stereocenters. The number of aliphatic hydroxyl groups is 1. The summed E-state index contributed by atoms with van der Waals surface area (Å²) in [7, 11) is 0. The summed E-state index contributed by atoms with van der Waals surface area (Å²) in [5, 5.41) is 15.1. The van der Waals surface area contributed by atoms with Gasteiger partial charge in [0.15, 0.2) is 0 Å². The Hall–Kier alpha value is -0.610. The van der Waals surface area contributed by atoms with Crippen LogP contribution in [0.4, 0.5) is 0 Å². The molecule has 0 aromatic rings. The van der Waals surface area contributed by atoms with Crippen LogP contribution in [-0.2, 0) is 4.79 Å². The van der Waals surface area contributed by atoms with Gasteiger partial charge in [0.2, 0.25) is 5.91 Å². The van der Waals surface area contributed by atoms with Crippen LogP contribution in [0.15, 0.2) is 0 Å². The van der Waals surface area contributed by atoms with E-state index in [0.717, 1.165) is 12.8 Å². The maximum absolute atomic E-state index is 11.4. The van der Waals surface area contributed by atoms with Crippen molar-refractivity contribution in [1.82, 2.24) is 10.6 Å². The molecule has 0 rings (SSSR count). The zero-order valence-electron chi connectivity index (χ0n) is 10.0. The highest BCUT2D eigenvalue weighted by Gasteiger charge is 2.08. The van der Waals surface area contributed by atoms with Crippen LogP contribution >= 0.6 is 0 Å². The van der Waals surface area contributed by atoms with E-state index in [2.05, 4.69) is 24.5 Å². The van der Waals surface area contributed by atoms with Crippen molar-refractivity contribution in [2.75, 3.05) is 13.1 Å². The molecule has 0 saturated heterocycles. The van der Waals surface area contributed by atoms with Crippen LogP contribution < -0.4 is 10.6 Å². The predicted molar refractivity (Wildman–Crippen MR) is 61.7 cm³/mol. The molecule has 0 saturated carbocycles. The van der Waals surface area contributed by atoms with Crippen LogP contribution in [-0.4, -0.2) is 36.2 Å². The lowest BCUT2D eigenvalue weighted by molar-refractivity contribution is -0.121. The van der Waals surface area contributed by atoms with E-state index in [1.807, 2.05) is 6.92 Å². The molecule has 0 spiro atoms. The Bertz CT molecular complexity index is 170. The van der Waals surface area contributed by atoms with E-state index in [0.29, 0.717) is 13.0 Å². The van der Waals surface area contributed by atoms with E-state index in [1.54, 1.807) is 0 Å². The molecular weight excluding hydrogens is 192 g/mol. The third-order valence-electron chi connectivity index (χ3n) is 2.49. The Morgan fingerprint density at radius 2 is 1.80 bits per heavy atom. The van der Waals surface area contributed by atoms with Crippen LogP contribution in [0.25, 0.3) is 0 Å². The Kier molecular flexibility index (Phi) is 8.33. The predicted octanol–water partition coefficient (Wildman–Crippen LogP) is 0.652. The van der Waals surface area contributed by atoms with E-state index in [-0.39, 0.29) is 24.6 Å². The van der Waals surface area contributed by atoms with E-state index < -0.39 is 0 Å². The average Bonchev–Trinajstić information content (AvgIpc) is 2.25. The van der Waals surface area contributed by atoms with Crippen molar-refractivity contribution in [2.24, 2.45) is 0 Å². The summed E-state index contributed by atoms with van der Waals surface area (Å²) < 4.78 is 0. The fourth-order valence-electron chi connectivity index (χ4n) is 1.27. The first-order chi connectivity index (χ1) is 7.13. The number of carbonyl (C=O) groups is 1. The normalized spacial score (nSPS) is 12.9. The van der Waals surface area contributed by atoms with Gasteiger partial charge in [-0.25, -0.2) is 0 Å². The zero-order valence-corrected chi connectivity index (χ0v) is 10.0. The number of hydrogen-bond donors (Lipinski definition) is 3. The Balaban J connectivity index is 3.56. The van der Waals surface area contributed by atoms with Crippen LogP contribution in [0.3, 0.4) is 0 Å². The number of carbonyl (C=O) groups excluding carboxylic acids is 1. The molecule has 0 aliphatic carbocycles. The molecule has 0 bridgehead atoms. The van der Waals surface area contributed by atoms with Gasteiger partial charge in [0.1, 0.15) is 0 Å². The second-order valence-electron chi connectivity index (χ2n) is 3.77. The summed E-state index contributed by atoms with van der Waals surface area (Å²) in [6.07, 6.45) is 2.27. The van der Waals surface area contributed by atoms with Crippen LogP contribution in [0, 0.1) is 0 Å². The summed E-state index contributed by atoms with van der Waals surface area (Å²) in [4.78, 5) is 11.4. The molecule has 0 aromatic carbocycles. The van der Waals surface area contributed by atoms with Gasteiger partial charge in [-0.05, 0) is 19.3 Å². The minimum absolute atomic E-state index is 0.00648. The van der Waals surface area contributed by atoms with Gasteiger partial charge in [-0.2, -0.15) is 0 Å². The van der Waals surface area contributed by atoms with Gasteiger partial charge in [0.05, 0.1) is 12.6 Å². The molecule has 0 fully saturated rings. The molecule has 4 heteroatoms. The van der Waals surface area contributed by atoms with E-state index in [4.69, 9.17) is 0 Å². The second-order valence-corrected chi connectivity index (χ2v) is 3.77. The van der Waals surface area contributed by atoms with Gasteiger partial charge in [-0.3, -0.25) is 4.79 Å². The lowest BCUT2D eigenvalue weighted by Gasteiger charge is -2.15. The fourth-order valence-corrected chi connectivity index (χ4v) is 1.27. The quantitative estimate of drug-likeness (QED) is 0.558. The molecule has 0 aliphatic rings. The number of hydrogen-bond acceptors (Lipinski definition) is 3. The molecular formula is C11H24N2O2. The number of rotatable bonds is 8. The first-order valence-electron chi connectivity index (χ1n) is 5.82. The maximum Gasteiger partial charge on any atom is 0.234 e. The maximum atomic E-state index is 11.4. The molecule has 3 N–H and O–H groups in total. The van der Waals surface area contributed by atoms with Gasteiger partial charge >= 0.3 is 0 Å². The average molecular weight is 216 g/mol. The summed E-state index contributed by atoms with van der Waals surface area (Å²) in [6, 6.07) is 0.274. The number of amides is 1. The molecule has 15 heavy (non-hydrogen) atoms. The van der Waals surface area contributed by atoms with E-state index in [9.17, 15) is 9.90 Å². The summed E-state index contributed by atoms with van der Waals surface area (Å²) in [5.41, 5.74) is 0. The van der Waals surface area contributed by atoms with Gasteiger partial charge in [0.25, 0.3) is 0 Å². The highest BCUT2D eigenvalue weighted by atomic mass is 16.3. The summed E-state index contributed by atoms with van der Waals surface area (Å²) in [6.45, 7) is 6.79. The van der Waals surface area contributed by atoms with E-state index >= 15 is 0 Å². The van der Waals surface area contributed by atoms with Crippen LogP contribution in [0.1, 0.15) is 40.0 Å². The molecule has 1 unspecified atom stereocenters. The minimum atomic E-state index is -0.356. The molecule has 90 valence electrons. The highest BCUT2D eigenvalue weighted by Crippen LogP contribution is 1.95. The van der Waals surface area contributed by atoms with Gasteiger partial charge in [0, 0.05) is 12.6 Å². The van der Waals surface area contributed by atoms with Gasteiger partial charge in [-0.15, -0.1) is 0 Å². The fraction of sp³-hybridized carbons (Fsp3) is 0.909. The Labute approximate surface area is 92.4 Å². The zero-order chi connectivity index (χ0) is 11.7. The second kappa shape index (κ2) is 8.68. The Morgan fingerprint density at radius 1 is 1.20 bits per heavy atom. The van der Waals surface area contributed by atoms with Crippen molar-refractivity contribution in [1.29, 1.82) is 0 Å². The summed E-state index contributed by atoms with van der Waals surface area (Å²) >= 11 is 0. The smallest absolute Gasteiger partial charge is 0.234 e. The third kappa shape index (κ3) is 7.33. The topological polar surface area (TPSA) is 61.4 Å². The van der Waals surface area contributed by atoms with Gasteiger partial charge in [-0.1, -0.05) is 20.8 Å². The Morgan fingerprint density at radius 3 is 2.27 bits per heavy atom. The SMILES string of the molecule is CCC(O)CNCC(=O)NC(CC)CC. The van der Waals surface area contributed by atoms with Crippen molar-refractivity contribution in [3.63, 3.8) is 0 Å². The summed E-state index contributed by atoms with van der Waals surface area (Å²) in [5.74, 6) is 0.00648. The number of aliphatic hydroxyl groups excluding tert-OH is 1. The van der Waals surface area contributed by atoms with Crippen molar-refractivity contribution >= 4 is 5.91 Å². The molecule has 0 heterocycles. The highest BCUT2D eigenvalue weighted by molar-refractivity contribution is 5.78. The minimum Gasteiger partial charge on any atom is -0.392 e. The largest absolute Gasteiger partial charge is 0.392 e. The lowest BCUT2D eigenvalue weighted by Crippen LogP contribution is -2.41. The monoisotopic (exact) mass is 216 g/mol. The van der Waals surface area contributed by atoms with Crippen molar-refractivity contribution < 1.29 is 9.90 Å². The standard InChI is InChI=1S/C11H24N2O2/c1-4-9(5-2)13-11(15)8-12-7-10(14)6-3/h9-10,12,14H,4-8H2,1-3H3,(H,13,15). The third-order valence-corrected chi connectivity index (χ3v) is 2.49. The molecule has 4 nitrogen and oxygen atoms in total. The van der Waals surface area contributed by atoms with E-state index in [1.165, 1.54) is 0 Å². The molecule has 1 amide bonds. The van der Waals surface area contributed by atoms with Gasteiger partial charge < -0.3 is 15.7 Å². The van der Waals surface area contributed by atoms with Crippen molar-refractivity contribution in [2.45, 2.75) is 52.2 Å².